The number of carbonyl (C=O) groups is 2. The molecule has 0 unspecified atom stereocenters. The Balaban J connectivity index is 2.07. The van der Waals surface area contributed by atoms with Gasteiger partial charge in [-0.15, -0.1) is 11.3 Å². The number of fused-ring (bicyclic) bond motifs is 1. The molecule has 3 rings (SSSR count). The van der Waals surface area contributed by atoms with Crippen LogP contribution >= 0.6 is 11.3 Å². The van der Waals surface area contributed by atoms with Crippen molar-refractivity contribution in [1.82, 2.24) is 9.38 Å². The standard InChI is InChI=1S/C21H24N2O3S/c1-6-26-18(25)10-15-11-23-17(12-24)19(22-20(23)27-15)16-9-14(21(3,4)5)8-7-13(16)2/h7-9,11-12H,6,10H2,1-5H3. The van der Waals surface area contributed by atoms with Crippen LogP contribution in [0.1, 0.15) is 54.2 Å². The summed E-state index contributed by atoms with van der Waals surface area (Å²) in [5, 5.41) is 0. The molecule has 0 aliphatic carbocycles. The number of hydrogen-bond acceptors (Lipinski definition) is 5. The average Bonchev–Trinajstić information content (AvgIpc) is 3.10. The fraction of sp³-hybridized carbons (Fsp3) is 0.381. The van der Waals surface area contributed by atoms with Crippen LogP contribution in [0.2, 0.25) is 0 Å². The summed E-state index contributed by atoms with van der Waals surface area (Å²) in [5.41, 5.74) is 4.43. The number of ether oxygens (including phenoxy) is 1. The SMILES string of the molecule is CCOC(=O)Cc1cn2c(C=O)c(-c3cc(C(C)(C)C)ccc3C)nc2s1. The van der Waals surface area contributed by atoms with Crippen LogP contribution < -0.4 is 0 Å². The van der Waals surface area contributed by atoms with E-state index < -0.39 is 0 Å². The predicted octanol–water partition coefficient (Wildman–Crippen LogP) is 4.59. The highest BCUT2D eigenvalue weighted by molar-refractivity contribution is 7.17. The zero-order valence-electron chi connectivity index (χ0n) is 16.3. The number of thiazole rings is 1. The first kappa shape index (κ1) is 19.3. The van der Waals surface area contributed by atoms with Gasteiger partial charge in [-0.3, -0.25) is 14.0 Å². The molecule has 0 atom stereocenters. The van der Waals surface area contributed by atoms with Crippen molar-refractivity contribution in [3.8, 4) is 11.3 Å². The first-order chi connectivity index (χ1) is 12.7. The molecule has 0 radical (unpaired) electrons. The smallest absolute Gasteiger partial charge is 0.311 e. The Labute approximate surface area is 163 Å². The minimum Gasteiger partial charge on any atom is -0.466 e. The lowest BCUT2D eigenvalue weighted by molar-refractivity contribution is -0.142. The first-order valence-electron chi connectivity index (χ1n) is 8.97. The van der Waals surface area contributed by atoms with Gasteiger partial charge in [-0.25, -0.2) is 4.98 Å². The van der Waals surface area contributed by atoms with Crippen LogP contribution in [-0.4, -0.2) is 28.2 Å². The fourth-order valence-electron chi connectivity index (χ4n) is 3.00. The van der Waals surface area contributed by atoms with E-state index in [9.17, 15) is 9.59 Å². The number of esters is 1. The highest BCUT2D eigenvalue weighted by Gasteiger charge is 2.21. The minimum atomic E-state index is -0.274. The van der Waals surface area contributed by atoms with Crippen molar-refractivity contribution < 1.29 is 14.3 Å². The number of aryl methyl sites for hydroxylation is 1. The lowest BCUT2D eigenvalue weighted by Crippen LogP contribution is -2.11. The molecule has 0 bridgehead atoms. The topological polar surface area (TPSA) is 60.7 Å². The number of hydrogen-bond donors (Lipinski definition) is 0. The van der Waals surface area contributed by atoms with Crippen molar-refractivity contribution in [2.75, 3.05) is 6.61 Å². The molecule has 5 nitrogen and oxygen atoms in total. The van der Waals surface area contributed by atoms with Crippen LogP contribution in [0.4, 0.5) is 0 Å². The van der Waals surface area contributed by atoms with Gasteiger partial charge < -0.3 is 4.74 Å². The van der Waals surface area contributed by atoms with E-state index in [2.05, 4.69) is 39.0 Å². The zero-order valence-corrected chi connectivity index (χ0v) is 17.1. The van der Waals surface area contributed by atoms with Gasteiger partial charge in [-0.05, 0) is 36.5 Å². The fourth-order valence-corrected chi connectivity index (χ4v) is 3.97. The van der Waals surface area contributed by atoms with Gasteiger partial charge in [0.2, 0.25) is 0 Å². The summed E-state index contributed by atoms with van der Waals surface area (Å²) in [5.74, 6) is -0.274. The second-order valence-electron chi connectivity index (χ2n) is 7.58. The summed E-state index contributed by atoms with van der Waals surface area (Å²) >= 11 is 1.40. The summed E-state index contributed by atoms with van der Waals surface area (Å²) in [7, 11) is 0. The molecule has 0 spiro atoms. The van der Waals surface area contributed by atoms with E-state index in [1.54, 1.807) is 17.5 Å². The first-order valence-corrected chi connectivity index (χ1v) is 9.79. The third-order valence-corrected chi connectivity index (χ3v) is 5.49. The maximum absolute atomic E-state index is 11.9. The average molecular weight is 385 g/mol. The summed E-state index contributed by atoms with van der Waals surface area (Å²) in [6.45, 7) is 10.6. The molecule has 6 heteroatoms. The van der Waals surface area contributed by atoms with Crippen molar-refractivity contribution in [2.45, 2.75) is 46.5 Å². The molecule has 1 aromatic carbocycles. The van der Waals surface area contributed by atoms with Crippen LogP contribution in [0.3, 0.4) is 0 Å². The molecule has 0 N–H and O–H groups in total. The number of nitrogens with zero attached hydrogens (tertiary/aromatic N) is 2. The van der Waals surface area contributed by atoms with E-state index >= 15 is 0 Å². The normalized spacial score (nSPS) is 11.7. The maximum atomic E-state index is 11.9. The van der Waals surface area contributed by atoms with Gasteiger partial charge >= 0.3 is 5.97 Å². The zero-order chi connectivity index (χ0) is 19.8. The Kier molecular flexibility index (Phi) is 5.20. The second-order valence-corrected chi connectivity index (χ2v) is 8.67. The summed E-state index contributed by atoms with van der Waals surface area (Å²) in [4.78, 5) is 29.8. The number of aromatic nitrogens is 2. The van der Waals surface area contributed by atoms with Gasteiger partial charge in [0.15, 0.2) is 11.2 Å². The van der Waals surface area contributed by atoms with Crippen molar-refractivity contribution >= 4 is 28.6 Å². The molecule has 2 heterocycles. The van der Waals surface area contributed by atoms with Crippen LogP contribution in [0, 0.1) is 6.92 Å². The van der Waals surface area contributed by atoms with Gasteiger partial charge in [-0.1, -0.05) is 32.9 Å². The molecule has 0 aliphatic heterocycles. The Morgan fingerprint density at radius 1 is 1.33 bits per heavy atom. The maximum Gasteiger partial charge on any atom is 0.311 e. The van der Waals surface area contributed by atoms with E-state index in [0.717, 1.165) is 22.3 Å². The molecule has 0 amide bonds. The van der Waals surface area contributed by atoms with Crippen molar-refractivity contribution in [1.29, 1.82) is 0 Å². The summed E-state index contributed by atoms with van der Waals surface area (Å²) in [6.07, 6.45) is 2.83. The van der Waals surface area contributed by atoms with E-state index in [4.69, 9.17) is 9.72 Å². The van der Waals surface area contributed by atoms with Crippen LogP contribution in [0.25, 0.3) is 16.2 Å². The molecule has 27 heavy (non-hydrogen) atoms. The van der Waals surface area contributed by atoms with Crippen molar-refractivity contribution in [3.63, 3.8) is 0 Å². The largest absolute Gasteiger partial charge is 0.466 e. The molecule has 0 fully saturated rings. The van der Waals surface area contributed by atoms with Crippen LogP contribution in [0.5, 0.6) is 0 Å². The molecule has 3 aromatic rings. The Morgan fingerprint density at radius 3 is 2.70 bits per heavy atom. The minimum absolute atomic E-state index is 0.00766. The van der Waals surface area contributed by atoms with E-state index in [-0.39, 0.29) is 17.8 Å². The number of aldehydes is 1. The molecular weight excluding hydrogens is 360 g/mol. The summed E-state index contributed by atoms with van der Waals surface area (Å²) < 4.78 is 6.77. The Bertz CT molecular complexity index is 1010. The third-order valence-electron chi connectivity index (χ3n) is 4.51. The van der Waals surface area contributed by atoms with Crippen LogP contribution in [-0.2, 0) is 21.4 Å². The van der Waals surface area contributed by atoms with Gasteiger partial charge in [0.05, 0.1) is 13.0 Å². The second kappa shape index (κ2) is 7.27. The van der Waals surface area contributed by atoms with E-state index in [0.29, 0.717) is 23.0 Å². The lowest BCUT2D eigenvalue weighted by atomic mass is 9.85. The van der Waals surface area contributed by atoms with E-state index in [1.165, 1.54) is 16.9 Å². The highest BCUT2D eigenvalue weighted by Crippen LogP contribution is 2.33. The quantitative estimate of drug-likeness (QED) is 0.477. The molecule has 0 saturated carbocycles. The van der Waals surface area contributed by atoms with Crippen molar-refractivity contribution in [3.05, 3.63) is 46.1 Å². The van der Waals surface area contributed by atoms with E-state index in [1.807, 2.05) is 6.92 Å². The number of rotatable bonds is 5. The van der Waals surface area contributed by atoms with Crippen LogP contribution in [0.15, 0.2) is 24.4 Å². The number of carbonyl (C=O) groups excluding carboxylic acids is 2. The molecule has 0 aliphatic rings. The van der Waals surface area contributed by atoms with Gasteiger partial charge in [0, 0.05) is 16.6 Å². The van der Waals surface area contributed by atoms with Gasteiger partial charge in [0.25, 0.3) is 0 Å². The number of imidazole rings is 1. The Hall–Kier alpha value is -2.47. The summed E-state index contributed by atoms with van der Waals surface area (Å²) in [6, 6.07) is 6.31. The number of benzene rings is 1. The highest BCUT2D eigenvalue weighted by atomic mass is 32.1. The molecule has 0 saturated heterocycles. The Morgan fingerprint density at radius 2 is 2.07 bits per heavy atom. The molecule has 142 valence electrons. The third kappa shape index (κ3) is 3.81. The van der Waals surface area contributed by atoms with Gasteiger partial charge in [-0.2, -0.15) is 0 Å². The van der Waals surface area contributed by atoms with Crippen molar-refractivity contribution in [2.24, 2.45) is 0 Å². The molecule has 2 aromatic heterocycles. The lowest BCUT2D eigenvalue weighted by Gasteiger charge is -2.20. The monoisotopic (exact) mass is 384 g/mol. The predicted molar refractivity (Wildman–Crippen MR) is 108 cm³/mol. The molecular formula is C21H24N2O3S. The van der Waals surface area contributed by atoms with Gasteiger partial charge in [0.1, 0.15) is 11.4 Å².